The van der Waals surface area contributed by atoms with E-state index in [0.717, 1.165) is 13.1 Å². The Morgan fingerprint density at radius 2 is 2.06 bits per heavy atom. The minimum atomic E-state index is -0.239. The van der Waals surface area contributed by atoms with Crippen LogP contribution in [-0.4, -0.2) is 29.0 Å². The number of carbonyl (C=O) groups excluding carboxylic acids is 1. The molecule has 0 aliphatic rings. The number of carbonyl (C=O) groups is 1. The molecule has 1 heterocycles. The molecule has 4 nitrogen and oxygen atoms in total. The first-order chi connectivity index (χ1) is 8.08. The standard InChI is InChI=1S/C10H14ClN3OS2/c1-3-14(4-2)10(16)13-12-9(15)7-5-6-8(11)17-7/h5-6H,3-4H2,1-2H3,(H,12,15)(H,13,16). The van der Waals surface area contributed by atoms with Crippen molar-refractivity contribution in [3.63, 3.8) is 0 Å². The predicted octanol–water partition coefficient (Wildman–Crippen LogP) is 2.26. The van der Waals surface area contributed by atoms with Crippen molar-refractivity contribution < 1.29 is 4.79 Å². The molecule has 1 rings (SSSR count). The van der Waals surface area contributed by atoms with Gasteiger partial charge in [-0.25, -0.2) is 0 Å². The third-order valence-electron chi connectivity index (χ3n) is 2.13. The first-order valence-electron chi connectivity index (χ1n) is 5.19. The summed E-state index contributed by atoms with van der Waals surface area (Å²) in [5, 5.41) is 0.506. The van der Waals surface area contributed by atoms with Crippen LogP contribution in [0.2, 0.25) is 4.34 Å². The van der Waals surface area contributed by atoms with Gasteiger partial charge in [-0.15, -0.1) is 11.3 Å². The molecule has 1 aromatic heterocycles. The molecule has 0 atom stereocenters. The van der Waals surface area contributed by atoms with E-state index in [4.69, 9.17) is 23.8 Å². The lowest BCUT2D eigenvalue weighted by Gasteiger charge is -2.22. The van der Waals surface area contributed by atoms with Crippen molar-refractivity contribution in [1.29, 1.82) is 0 Å². The third-order valence-corrected chi connectivity index (χ3v) is 3.72. The number of nitrogens with zero attached hydrogens (tertiary/aromatic N) is 1. The number of rotatable bonds is 3. The SMILES string of the molecule is CCN(CC)C(=S)NNC(=O)c1ccc(Cl)s1. The molecule has 1 aromatic rings. The minimum absolute atomic E-state index is 0.239. The van der Waals surface area contributed by atoms with Crippen LogP contribution >= 0.6 is 35.2 Å². The van der Waals surface area contributed by atoms with Gasteiger partial charge in [0.15, 0.2) is 5.11 Å². The molecule has 0 saturated carbocycles. The quantitative estimate of drug-likeness (QED) is 0.662. The lowest BCUT2D eigenvalue weighted by molar-refractivity contribution is 0.0946. The highest BCUT2D eigenvalue weighted by Gasteiger charge is 2.10. The number of thiocarbonyl (C=S) groups is 1. The van der Waals surface area contributed by atoms with Gasteiger partial charge in [0.25, 0.3) is 5.91 Å². The van der Waals surface area contributed by atoms with Gasteiger partial charge in [0, 0.05) is 13.1 Å². The van der Waals surface area contributed by atoms with E-state index in [-0.39, 0.29) is 5.91 Å². The second kappa shape index (κ2) is 6.78. The fourth-order valence-electron chi connectivity index (χ4n) is 1.20. The Hall–Kier alpha value is -0.850. The van der Waals surface area contributed by atoms with Gasteiger partial charge < -0.3 is 4.90 Å². The minimum Gasteiger partial charge on any atom is -0.348 e. The molecule has 2 N–H and O–H groups in total. The maximum absolute atomic E-state index is 11.7. The van der Waals surface area contributed by atoms with Crippen molar-refractivity contribution >= 4 is 46.2 Å². The van der Waals surface area contributed by atoms with E-state index >= 15 is 0 Å². The smallest absolute Gasteiger partial charge is 0.279 e. The molecule has 0 bridgehead atoms. The Morgan fingerprint density at radius 1 is 1.41 bits per heavy atom. The zero-order chi connectivity index (χ0) is 12.8. The van der Waals surface area contributed by atoms with Crippen LogP contribution in [0, 0.1) is 0 Å². The van der Waals surface area contributed by atoms with Crippen LogP contribution in [0.5, 0.6) is 0 Å². The fraction of sp³-hybridized carbons (Fsp3) is 0.400. The van der Waals surface area contributed by atoms with Crippen molar-refractivity contribution in [2.75, 3.05) is 13.1 Å². The molecule has 0 aromatic carbocycles. The molecule has 0 saturated heterocycles. The lowest BCUT2D eigenvalue weighted by atomic mass is 10.4. The molecule has 7 heteroatoms. The maximum atomic E-state index is 11.7. The molecule has 0 aliphatic heterocycles. The van der Waals surface area contributed by atoms with Gasteiger partial charge in [0.05, 0.1) is 9.21 Å². The van der Waals surface area contributed by atoms with Crippen LogP contribution < -0.4 is 10.9 Å². The average molecular weight is 292 g/mol. The van der Waals surface area contributed by atoms with E-state index in [0.29, 0.717) is 14.3 Å². The summed E-state index contributed by atoms with van der Waals surface area (Å²) in [4.78, 5) is 14.1. The molecular formula is C10H14ClN3OS2. The average Bonchev–Trinajstić information content (AvgIpc) is 2.74. The van der Waals surface area contributed by atoms with Crippen LogP contribution in [0.4, 0.5) is 0 Å². The van der Waals surface area contributed by atoms with E-state index < -0.39 is 0 Å². The van der Waals surface area contributed by atoms with Gasteiger partial charge in [-0.05, 0) is 38.2 Å². The summed E-state index contributed by atoms with van der Waals surface area (Å²) in [6, 6.07) is 3.36. The highest BCUT2D eigenvalue weighted by molar-refractivity contribution is 7.80. The van der Waals surface area contributed by atoms with Crippen molar-refractivity contribution in [2.24, 2.45) is 0 Å². The number of hydrogen-bond donors (Lipinski definition) is 2. The molecule has 0 aliphatic carbocycles. The fourth-order valence-corrected chi connectivity index (χ4v) is 2.45. The van der Waals surface area contributed by atoms with E-state index in [9.17, 15) is 4.79 Å². The second-order valence-electron chi connectivity index (χ2n) is 3.16. The molecule has 0 unspecified atom stereocenters. The van der Waals surface area contributed by atoms with E-state index in [2.05, 4.69) is 10.9 Å². The molecule has 17 heavy (non-hydrogen) atoms. The first kappa shape index (κ1) is 14.2. The number of thiophene rings is 1. The summed E-state index contributed by atoms with van der Waals surface area (Å²) in [5.41, 5.74) is 5.25. The predicted molar refractivity (Wildman–Crippen MR) is 75.4 cm³/mol. The summed E-state index contributed by atoms with van der Waals surface area (Å²) in [6.45, 7) is 5.59. The van der Waals surface area contributed by atoms with Crippen LogP contribution in [0.1, 0.15) is 23.5 Å². The first-order valence-corrected chi connectivity index (χ1v) is 6.79. The summed E-state index contributed by atoms with van der Waals surface area (Å²) < 4.78 is 0.585. The highest BCUT2D eigenvalue weighted by atomic mass is 35.5. The summed E-state index contributed by atoms with van der Waals surface area (Å²) in [6.07, 6.45) is 0. The molecule has 94 valence electrons. The van der Waals surface area contributed by atoms with Crippen LogP contribution in [0.15, 0.2) is 12.1 Å². The van der Waals surface area contributed by atoms with Gasteiger partial charge in [0.1, 0.15) is 0 Å². The van der Waals surface area contributed by atoms with Crippen molar-refractivity contribution in [3.8, 4) is 0 Å². The van der Waals surface area contributed by atoms with Gasteiger partial charge in [-0.1, -0.05) is 11.6 Å². The van der Waals surface area contributed by atoms with Gasteiger partial charge in [-0.2, -0.15) is 0 Å². The summed E-state index contributed by atoms with van der Waals surface area (Å²) in [5.74, 6) is -0.239. The normalized spacial score (nSPS) is 9.82. The summed E-state index contributed by atoms with van der Waals surface area (Å²) >= 11 is 12.1. The Kier molecular flexibility index (Phi) is 5.67. The van der Waals surface area contributed by atoms with Crippen LogP contribution in [-0.2, 0) is 0 Å². The number of halogens is 1. The van der Waals surface area contributed by atoms with Gasteiger partial charge in [-0.3, -0.25) is 15.6 Å². The second-order valence-corrected chi connectivity index (χ2v) is 5.26. The van der Waals surface area contributed by atoms with Crippen molar-refractivity contribution in [2.45, 2.75) is 13.8 Å². The summed E-state index contributed by atoms with van der Waals surface area (Å²) in [7, 11) is 0. The van der Waals surface area contributed by atoms with Crippen molar-refractivity contribution in [3.05, 3.63) is 21.3 Å². The topological polar surface area (TPSA) is 44.4 Å². The molecule has 0 spiro atoms. The monoisotopic (exact) mass is 291 g/mol. The zero-order valence-electron chi connectivity index (χ0n) is 9.62. The molecule has 1 amide bonds. The molecule has 0 fully saturated rings. The Morgan fingerprint density at radius 3 is 2.53 bits per heavy atom. The Bertz CT molecular complexity index is 404. The zero-order valence-corrected chi connectivity index (χ0v) is 12.0. The lowest BCUT2D eigenvalue weighted by Crippen LogP contribution is -2.48. The van der Waals surface area contributed by atoms with Crippen LogP contribution in [0.25, 0.3) is 0 Å². The number of nitrogens with one attached hydrogen (secondary N) is 2. The van der Waals surface area contributed by atoms with Gasteiger partial charge in [0.2, 0.25) is 0 Å². The van der Waals surface area contributed by atoms with E-state index in [1.807, 2.05) is 18.7 Å². The largest absolute Gasteiger partial charge is 0.348 e. The highest BCUT2D eigenvalue weighted by Crippen LogP contribution is 2.20. The van der Waals surface area contributed by atoms with Gasteiger partial charge >= 0.3 is 0 Å². The number of amides is 1. The number of hydrazine groups is 1. The Labute approximate surface area is 115 Å². The van der Waals surface area contributed by atoms with Crippen LogP contribution in [0.3, 0.4) is 0 Å². The molecule has 0 radical (unpaired) electrons. The Balaban J connectivity index is 2.46. The molecular weight excluding hydrogens is 278 g/mol. The number of hydrogen-bond acceptors (Lipinski definition) is 3. The van der Waals surface area contributed by atoms with Crippen molar-refractivity contribution in [1.82, 2.24) is 15.8 Å². The third kappa shape index (κ3) is 4.14. The maximum Gasteiger partial charge on any atom is 0.279 e. The van der Waals surface area contributed by atoms with E-state index in [1.165, 1.54) is 11.3 Å². The van der Waals surface area contributed by atoms with E-state index in [1.54, 1.807) is 12.1 Å².